The van der Waals surface area contributed by atoms with Crippen LogP contribution in [0, 0.1) is 5.92 Å². The molecule has 22 heavy (non-hydrogen) atoms. The number of aromatic nitrogens is 3. The summed E-state index contributed by atoms with van der Waals surface area (Å²) in [4.78, 5) is 7.24. The van der Waals surface area contributed by atoms with Crippen molar-refractivity contribution in [3.8, 4) is 0 Å². The second kappa shape index (κ2) is 5.93. The Hall–Kier alpha value is -0.940. The lowest BCUT2D eigenvalue weighted by Crippen LogP contribution is -2.20. The second-order valence-electron chi connectivity index (χ2n) is 6.86. The minimum absolute atomic E-state index is 0.671. The van der Waals surface area contributed by atoms with Crippen molar-refractivity contribution < 1.29 is 0 Å². The Kier molecular flexibility index (Phi) is 3.95. The van der Waals surface area contributed by atoms with Crippen LogP contribution in [0.4, 0.5) is 0 Å². The van der Waals surface area contributed by atoms with Crippen molar-refractivity contribution in [2.75, 3.05) is 13.1 Å². The first-order chi connectivity index (χ1) is 10.7. The molecule has 118 valence electrons. The van der Waals surface area contributed by atoms with E-state index in [1.54, 1.807) is 0 Å². The molecular weight excluding hydrogens is 340 g/mol. The van der Waals surface area contributed by atoms with Crippen LogP contribution in [0.15, 0.2) is 16.9 Å². The fraction of sp³-hybridized carbons (Fsp3) is 0.647. The zero-order valence-corrected chi connectivity index (χ0v) is 14.7. The summed E-state index contributed by atoms with van der Waals surface area (Å²) in [7, 11) is 0. The third-order valence-electron chi connectivity index (χ3n) is 4.98. The van der Waals surface area contributed by atoms with Gasteiger partial charge in [-0.25, -0.2) is 9.50 Å². The van der Waals surface area contributed by atoms with Gasteiger partial charge < -0.3 is 0 Å². The molecule has 5 heteroatoms. The molecule has 0 N–H and O–H groups in total. The van der Waals surface area contributed by atoms with Gasteiger partial charge in [0.25, 0.3) is 0 Å². The number of hydrogen-bond acceptors (Lipinski definition) is 3. The van der Waals surface area contributed by atoms with Gasteiger partial charge in [-0.1, -0.05) is 13.3 Å². The lowest BCUT2D eigenvalue weighted by atomic mass is 10.0. The van der Waals surface area contributed by atoms with Crippen LogP contribution in [0.5, 0.6) is 0 Å². The van der Waals surface area contributed by atoms with E-state index in [2.05, 4.69) is 32.7 Å². The van der Waals surface area contributed by atoms with Crippen molar-refractivity contribution in [2.24, 2.45) is 5.92 Å². The van der Waals surface area contributed by atoms with Gasteiger partial charge in [0.1, 0.15) is 0 Å². The quantitative estimate of drug-likeness (QED) is 0.805. The predicted octanol–water partition coefficient (Wildman–Crippen LogP) is 3.99. The molecular formula is C17H23BrN4. The molecule has 1 unspecified atom stereocenters. The molecule has 0 radical (unpaired) electrons. The number of halogens is 1. The molecule has 0 spiro atoms. The number of likely N-dealkylation sites (tertiary alicyclic amines) is 1. The Balaban J connectivity index is 1.61. The molecule has 2 aliphatic rings. The highest BCUT2D eigenvalue weighted by Crippen LogP contribution is 2.42. The van der Waals surface area contributed by atoms with Crippen molar-refractivity contribution in [3.05, 3.63) is 28.1 Å². The Morgan fingerprint density at radius 2 is 2.18 bits per heavy atom. The summed E-state index contributed by atoms with van der Waals surface area (Å²) in [5, 5.41) is 4.83. The average molecular weight is 363 g/mol. The molecule has 0 aromatic carbocycles. The molecule has 0 bridgehead atoms. The lowest BCUT2D eigenvalue weighted by Gasteiger charge is -2.16. The third-order valence-corrected chi connectivity index (χ3v) is 5.39. The van der Waals surface area contributed by atoms with Crippen molar-refractivity contribution in [1.29, 1.82) is 0 Å². The molecule has 3 heterocycles. The Bertz CT molecular complexity index is 677. The third kappa shape index (κ3) is 2.81. The van der Waals surface area contributed by atoms with E-state index in [1.807, 2.05) is 16.9 Å². The maximum absolute atomic E-state index is 4.83. The summed E-state index contributed by atoms with van der Waals surface area (Å²) < 4.78 is 2.95. The summed E-state index contributed by atoms with van der Waals surface area (Å²) in [6.45, 7) is 5.78. The van der Waals surface area contributed by atoms with E-state index in [9.17, 15) is 0 Å². The Labute approximate surface area is 140 Å². The van der Waals surface area contributed by atoms with Crippen LogP contribution in [0.25, 0.3) is 5.65 Å². The van der Waals surface area contributed by atoms with Crippen LogP contribution in [-0.4, -0.2) is 32.6 Å². The summed E-state index contributed by atoms with van der Waals surface area (Å²) in [5.41, 5.74) is 3.71. The van der Waals surface area contributed by atoms with E-state index < -0.39 is 0 Å². The standard InChI is InChI=1S/C17H23BrN4/c1-2-3-12-6-7-21(9-12)11-15-16(13-4-5-13)20-22-10-14(18)8-19-17(15)22/h8,10,12-13H,2-7,9,11H2,1H3. The van der Waals surface area contributed by atoms with Gasteiger partial charge in [0, 0.05) is 37.0 Å². The van der Waals surface area contributed by atoms with Gasteiger partial charge in [-0.2, -0.15) is 5.10 Å². The van der Waals surface area contributed by atoms with E-state index in [0.717, 1.165) is 22.6 Å². The molecule has 2 fully saturated rings. The molecule has 4 nitrogen and oxygen atoms in total. The normalized spacial score (nSPS) is 22.7. The highest BCUT2D eigenvalue weighted by atomic mass is 79.9. The molecule has 4 rings (SSSR count). The molecule has 1 saturated heterocycles. The second-order valence-corrected chi connectivity index (χ2v) is 7.77. The topological polar surface area (TPSA) is 33.4 Å². The van der Waals surface area contributed by atoms with Gasteiger partial charge >= 0.3 is 0 Å². The van der Waals surface area contributed by atoms with Crippen LogP contribution in [0.2, 0.25) is 0 Å². The SMILES string of the molecule is CCCC1CCN(Cc2c(C3CC3)nn3cc(Br)cnc23)C1. The number of fused-ring (bicyclic) bond motifs is 1. The molecule has 2 aromatic rings. The molecule has 1 saturated carbocycles. The minimum atomic E-state index is 0.671. The average Bonchev–Trinajstić information content (AvgIpc) is 3.16. The van der Waals surface area contributed by atoms with E-state index in [4.69, 9.17) is 5.10 Å². The first-order valence-electron chi connectivity index (χ1n) is 8.49. The minimum Gasteiger partial charge on any atom is -0.299 e. The van der Waals surface area contributed by atoms with Crippen LogP contribution in [0.1, 0.15) is 56.2 Å². The van der Waals surface area contributed by atoms with Crippen molar-refractivity contribution >= 4 is 21.6 Å². The zero-order chi connectivity index (χ0) is 15.1. The highest BCUT2D eigenvalue weighted by molar-refractivity contribution is 9.10. The van der Waals surface area contributed by atoms with Crippen LogP contribution in [-0.2, 0) is 6.54 Å². The van der Waals surface area contributed by atoms with Crippen LogP contribution >= 0.6 is 15.9 Å². The molecule has 1 atom stereocenters. The van der Waals surface area contributed by atoms with E-state index in [0.29, 0.717) is 5.92 Å². The van der Waals surface area contributed by atoms with E-state index >= 15 is 0 Å². The summed E-state index contributed by atoms with van der Waals surface area (Å²) >= 11 is 3.50. The first kappa shape index (κ1) is 14.6. The summed E-state index contributed by atoms with van der Waals surface area (Å²) in [5.74, 6) is 1.56. The fourth-order valence-corrected chi connectivity index (χ4v) is 4.03. The van der Waals surface area contributed by atoms with Crippen LogP contribution < -0.4 is 0 Å². The Morgan fingerprint density at radius 3 is 2.95 bits per heavy atom. The van der Waals surface area contributed by atoms with Gasteiger partial charge in [0.2, 0.25) is 0 Å². The lowest BCUT2D eigenvalue weighted by molar-refractivity contribution is 0.313. The number of rotatable bonds is 5. The summed E-state index contributed by atoms with van der Waals surface area (Å²) in [6, 6.07) is 0. The molecule has 1 aliphatic carbocycles. The smallest absolute Gasteiger partial charge is 0.159 e. The summed E-state index contributed by atoms with van der Waals surface area (Å²) in [6.07, 6.45) is 10.5. The number of nitrogens with zero attached hydrogens (tertiary/aromatic N) is 4. The van der Waals surface area contributed by atoms with Crippen molar-refractivity contribution in [1.82, 2.24) is 19.5 Å². The van der Waals surface area contributed by atoms with Gasteiger partial charge in [-0.15, -0.1) is 0 Å². The van der Waals surface area contributed by atoms with Crippen LogP contribution in [0.3, 0.4) is 0 Å². The fourth-order valence-electron chi connectivity index (χ4n) is 3.74. The molecule has 1 aliphatic heterocycles. The zero-order valence-electron chi connectivity index (χ0n) is 13.1. The molecule has 2 aromatic heterocycles. The van der Waals surface area contributed by atoms with Gasteiger partial charge in [0.15, 0.2) is 5.65 Å². The van der Waals surface area contributed by atoms with Gasteiger partial charge in [-0.3, -0.25) is 4.90 Å². The largest absolute Gasteiger partial charge is 0.299 e. The van der Waals surface area contributed by atoms with Gasteiger partial charge in [0.05, 0.1) is 10.2 Å². The first-order valence-corrected chi connectivity index (χ1v) is 9.29. The maximum Gasteiger partial charge on any atom is 0.159 e. The van der Waals surface area contributed by atoms with Crippen molar-refractivity contribution in [2.45, 2.75) is 51.5 Å². The van der Waals surface area contributed by atoms with E-state index in [1.165, 1.54) is 56.5 Å². The van der Waals surface area contributed by atoms with Gasteiger partial charge in [-0.05, 0) is 54.1 Å². The van der Waals surface area contributed by atoms with E-state index in [-0.39, 0.29) is 0 Å². The molecule has 0 amide bonds. The monoisotopic (exact) mass is 362 g/mol. The maximum atomic E-state index is 4.83. The van der Waals surface area contributed by atoms with Crippen molar-refractivity contribution in [3.63, 3.8) is 0 Å². The Morgan fingerprint density at radius 1 is 1.32 bits per heavy atom. The highest BCUT2D eigenvalue weighted by Gasteiger charge is 2.32. The predicted molar refractivity (Wildman–Crippen MR) is 91.0 cm³/mol. The number of hydrogen-bond donors (Lipinski definition) is 0.